The Balaban J connectivity index is 1.55. The molecule has 0 aliphatic carbocycles. The number of sulfonamides is 1. The number of nitrogens with zero attached hydrogens (tertiary/aromatic N) is 4. The molecule has 2 heterocycles. The molecule has 0 saturated carbocycles. The molecular weight excluding hydrogens is 390 g/mol. The van der Waals surface area contributed by atoms with Crippen molar-refractivity contribution in [1.82, 2.24) is 19.7 Å². The fourth-order valence-electron chi connectivity index (χ4n) is 3.24. The van der Waals surface area contributed by atoms with Gasteiger partial charge in [0.15, 0.2) is 5.96 Å². The quantitative estimate of drug-likeness (QED) is 0.542. The lowest BCUT2D eigenvalue weighted by atomic mass is 10.1. The molecule has 1 aromatic heterocycles. The van der Waals surface area contributed by atoms with Gasteiger partial charge in [-0.3, -0.25) is 4.99 Å². The Morgan fingerprint density at radius 3 is 2.52 bits per heavy atom. The molecule has 1 aromatic carbocycles. The monoisotopic (exact) mass is 419 g/mol. The number of nitrogens with one attached hydrogen (secondary N) is 1. The van der Waals surface area contributed by atoms with Gasteiger partial charge in [0.1, 0.15) is 12.0 Å². The Kier molecular flexibility index (Phi) is 7.27. The third-order valence-electron chi connectivity index (χ3n) is 4.87. The molecule has 158 valence electrons. The summed E-state index contributed by atoms with van der Waals surface area (Å²) in [5.74, 6) is 0.710. The molecule has 2 aromatic rings. The van der Waals surface area contributed by atoms with Crippen molar-refractivity contribution in [3.63, 3.8) is 0 Å². The van der Waals surface area contributed by atoms with E-state index in [0.29, 0.717) is 38.4 Å². The minimum atomic E-state index is -3.40. The van der Waals surface area contributed by atoms with Crippen LogP contribution in [0.2, 0.25) is 0 Å². The summed E-state index contributed by atoms with van der Waals surface area (Å²) in [7, 11) is -3.40. The number of aromatic nitrogens is 1. The molecule has 0 amide bonds. The van der Waals surface area contributed by atoms with Crippen LogP contribution in [0.3, 0.4) is 0 Å². The van der Waals surface area contributed by atoms with Gasteiger partial charge >= 0.3 is 0 Å². The van der Waals surface area contributed by atoms with Crippen LogP contribution < -0.4 is 5.32 Å². The van der Waals surface area contributed by atoms with E-state index in [9.17, 15) is 8.42 Å². The third kappa shape index (κ3) is 6.04. The predicted octanol–water partition coefficient (Wildman–Crippen LogP) is 1.64. The van der Waals surface area contributed by atoms with Gasteiger partial charge in [0.05, 0.1) is 5.69 Å². The Morgan fingerprint density at radius 2 is 1.90 bits per heavy atom. The van der Waals surface area contributed by atoms with Gasteiger partial charge in [-0.2, -0.15) is 4.31 Å². The molecule has 1 aliphatic rings. The number of aliphatic imine (C=N–C) groups is 1. The van der Waals surface area contributed by atoms with Crippen molar-refractivity contribution in [2.24, 2.45) is 4.99 Å². The zero-order valence-electron chi connectivity index (χ0n) is 17.0. The van der Waals surface area contributed by atoms with Crippen LogP contribution in [0.15, 0.2) is 46.1 Å². The third-order valence-corrected chi connectivity index (χ3v) is 6.68. The highest BCUT2D eigenvalue weighted by molar-refractivity contribution is 7.88. The van der Waals surface area contributed by atoms with E-state index in [2.05, 4.69) is 46.6 Å². The van der Waals surface area contributed by atoms with E-state index in [-0.39, 0.29) is 5.75 Å². The molecule has 1 fully saturated rings. The smallest absolute Gasteiger partial charge is 0.220 e. The van der Waals surface area contributed by atoms with Crippen molar-refractivity contribution in [3.8, 4) is 0 Å². The van der Waals surface area contributed by atoms with Gasteiger partial charge in [-0.1, -0.05) is 35.0 Å². The average Bonchev–Trinajstić information content (AvgIpc) is 3.21. The largest absolute Gasteiger partial charge is 0.364 e. The van der Waals surface area contributed by atoms with Crippen molar-refractivity contribution in [1.29, 1.82) is 0 Å². The van der Waals surface area contributed by atoms with Crippen molar-refractivity contribution in [2.75, 3.05) is 39.3 Å². The van der Waals surface area contributed by atoms with Crippen LogP contribution >= 0.6 is 0 Å². The topological polar surface area (TPSA) is 91.0 Å². The van der Waals surface area contributed by atoms with E-state index in [0.717, 1.165) is 18.9 Å². The van der Waals surface area contributed by atoms with Gasteiger partial charge in [0.2, 0.25) is 10.0 Å². The first-order valence-electron chi connectivity index (χ1n) is 9.94. The van der Waals surface area contributed by atoms with E-state index in [1.807, 2.05) is 6.92 Å². The molecule has 0 atom stereocenters. The number of aryl methyl sites for hydroxylation is 1. The Labute approximate surface area is 172 Å². The summed E-state index contributed by atoms with van der Waals surface area (Å²) < 4.78 is 31.4. The minimum absolute atomic E-state index is 0.131. The lowest BCUT2D eigenvalue weighted by molar-refractivity contribution is 0.260. The Hall–Kier alpha value is -2.39. The lowest BCUT2D eigenvalue weighted by Crippen LogP contribution is -2.54. The zero-order valence-corrected chi connectivity index (χ0v) is 17.9. The molecule has 0 unspecified atom stereocenters. The van der Waals surface area contributed by atoms with Crippen molar-refractivity contribution < 1.29 is 12.9 Å². The summed E-state index contributed by atoms with van der Waals surface area (Å²) in [6, 6.07) is 10.1. The van der Waals surface area contributed by atoms with Crippen molar-refractivity contribution in [2.45, 2.75) is 26.0 Å². The van der Waals surface area contributed by atoms with Crippen LogP contribution in [0.1, 0.15) is 23.7 Å². The highest BCUT2D eigenvalue weighted by atomic mass is 32.2. The average molecular weight is 420 g/mol. The van der Waals surface area contributed by atoms with Gasteiger partial charge in [-0.05, 0) is 25.8 Å². The van der Waals surface area contributed by atoms with E-state index in [4.69, 9.17) is 9.52 Å². The second-order valence-corrected chi connectivity index (χ2v) is 9.07. The molecule has 0 spiro atoms. The van der Waals surface area contributed by atoms with Crippen LogP contribution in [-0.4, -0.2) is 68.0 Å². The van der Waals surface area contributed by atoms with Gasteiger partial charge in [0.25, 0.3) is 0 Å². The minimum Gasteiger partial charge on any atom is -0.364 e. The SMILES string of the molecule is CCNC(=NCCc1ccc(C)cc1)N1CCN(S(=O)(=O)Cc2ccon2)CC1. The normalized spacial score (nSPS) is 16.2. The summed E-state index contributed by atoms with van der Waals surface area (Å²) in [5, 5.41) is 7.03. The summed E-state index contributed by atoms with van der Waals surface area (Å²) >= 11 is 0. The molecule has 29 heavy (non-hydrogen) atoms. The van der Waals surface area contributed by atoms with Crippen LogP contribution in [0.5, 0.6) is 0 Å². The molecule has 9 heteroatoms. The molecule has 1 aliphatic heterocycles. The second kappa shape index (κ2) is 9.89. The first kappa shape index (κ1) is 21.3. The van der Waals surface area contributed by atoms with E-state index < -0.39 is 10.0 Å². The van der Waals surface area contributed by atoms with Gasteiger partial charge < -0.3 is 14.7 Å². The first-order chi connectivity index (χ1) is 14.0. The van der Waals surface area contributed by atoms with E-state index in [1.165, 1.54) is 21.7 Å². The van der Waals surface area contributed by atoms with Crippen molar-refractivity contribution in [3.05, 3.63) is 53.4 Å². The first-order valence-corrected chi connectivity index (χ1v) is 11.5. The van der Waals surface area contributed by atoms with E-state index in [1.54, 1.807) is 6.07 Å². The second-order valence-electron chi connectivity index (χ2n) is 7.10. The number of benzene rings is 1. The number of hydrogen-bond donors (Lipinski definition) is 1. The molecule has 1 saturated heterocycles. The predicted molar refractivity (Wildman–Crippen MR) is 113 cm³/mol. The molecular formula is C20H29N5O3S. The summed E-state index contributed by atoms with van der Waals surface area (Å²) in [5.41, 5.74) is 2.94. The molecule has 1 N–H and O–H groups in total. The highest BCUT2D eigenvalue weighted by Gasteiger charge is 2.28. The van der Waals surface area contributed by atoms with Gasteiger partial charge in [0, 0.05) is 45.3 Å². The number of guanidine groups is 1. The maximum atomic E-state index is 12.6. The molecule has 3 rings (SSSR count). The molecule has 0 radical (unpaired) electrons. The molecule has 0 bridgehead atoms. The van der Waals surface area contributed by atoms with Crippen LogP contribution in [-0.2, 0) is 22.2 Å². The fourth-order valence-corrected chi connectivity index (χ4v) is 4.66. The Morgan fingerprint density at radius 1 is 1.17 bits per heavy atom. The van der Waals surface area contributed by atoms with Crippen LogP contribution in [0, 0.1) is 6.92 Å². The zero-order chi connectivity index (χ0) is 20.7. The van der Waals surface area contributed by atoms with E-state index >= 15 is 0 Å². The Bertz CT molecular complexity index is 887. The number of hydrogen-bond acceptors (Lipinski definition) is 5. The maximum absolute atomic E-state index is 12.6. The number of rotatable bonds is 7. The highest BCUT2D eigenvalue weighted by Crippen LogP contribution is 2.13. The van der Waals surface area contributed by atoms with Crippen molar-refractivity contribution >= 4 is 16.0 Å². The van der Waals surface area contributed by atoms with Crippen LogP contribution in [0.25, 0.3) is 0 Å². The van der Waals surface area contributed by atoms with Gasteiger partial charge in [-0.25, -0.2) is 8.42 Å². The fraction of sp³-hybridized carbons (Fsp3) is 0.500. The van der Waals surface area contributed by atoms with Crippen LogP contribution in [0.4, 0.5) is 0 Å². The summed E-state index contributed by atoms with van der Waals surface area (Å²) in [6.45, 7) is 7.66. The summed E-state index contributed by atoms with van der Waals surface area (Å²) in [6.07, 6.45) is 2.26. The van der Waals surface area contributed by atoms with Gasteiger partial charge in [-0.15, -0.1) is 0 Å². The summed E-state index contributed by atoms with van der Waals surface area (Å²) in [4.78, 5) is 6.87. The maximum Gasteiger partial charge on any atom is 0.220 e. The molecule has 8 nitrogen and oxygen atoms in total. The standard InChI is InChI=1S/C20H29N5O3S/c1-3-21-20(22-10-8-18-6-4-17(2)5-7-18)24-11-13-25(14-12-24)29(26,27)16-19-9-15-28-23-19/h4-7,9,15H,3,8,10-14,16H2,1-2H3,(H,21,22). The lowest BCUT2D eigenvalue weighted by Gasteiger charge is -2.35. The number of piperazine rings is 1.